The van der Waals surface area contributed by atoms with Crippen LogP contribution in [0.3, 0.4) is 0 Å². The fourth-order valence-corrected chi connectivity index (χ4v) is 1.38. The van der Waals surface area contributed by atoms with E-state index in [1.807, 2.05) is 0 Å². The molecule has 1 saturated carbocycles. The first kappa shape index (κ1) is 12.0. The molecule has 2 atom stereocenters. The van der Waals surface area contributed by atoms with E-state index < -0.39 is 17.7 Å². The molecule has 0 aromatic rings. The van der Waals surface area contributed by atoms with Crippen LogP contribution in [-0.2, 0) is 4.79 Å². The molecule has 0 aromatic heterocycles. The Labute approximate surface area is 82.8 Å². The van der Waals surface area contributed by atoms with Gasteiger partial charge in [0.15, 0.2) is 0 Å². The van der Waals surface area contributed by atoms with Crippen LogP contribution in [-0.4, -0.2) is 27.9 Å². The smallest absolute Gasteiger partial charge is 0.547 e. The summed E-state index contributed by atoms with van der Waals surface area (Å²) in [4.78, 5) is 10.4. The molecule has 2 unspecified atom stereocenters. The molecule has 0 aromatic carbocycles. The van der Waals surface area contributed by atoms with Gasteiger partial charge in [-0.25, -0.2) is 0 Å². The minimum absolute atomic E-state index is 0. The summed E-state index contributed by atoms with van der Waals surface area (Å²) >= 11 is 0. The number of hydrogen-bond donors (Lipinski definition) is 2. The van der Waals surface area contributed by atoms with Gasteiger partial charge in [0.1, 0.15) is 5.60 Å². The Morgan fingerprint density at radius 2 is 2.08 bits per heavy atom. The van der Waals surface area contributed by atoms with Crippen molar-refractivity contribution >= 4 is 5.97 Å². The molecule has 0 aliphatic heterocycles. The molecule has 1 fully saturated rings. The van der Waals surface area contributed by atoms with Crippen LogP contribution in [0.1, 0.15) is 25.7 Å². The molecule has 0 heterocycles. The van der Waals surface area contributed by atoms with Gasteiger partial charge in [-0.15, -0.1) is 0 Å². The normalized spacial score (nSPS) is 35.3. The van der Waals surface area contributed by atoms with Crippen LogP contribution in [0.4, 0.5) is 0 Å². The van der Waals surface area contributed by atoms with Crippen molar-refractivity contribution in [2.24, 2.45) is 0 Å². The summed E-state index contributed by atoms with van der Waals surface area (Å²) in [5.41, 5.74) is -2.00. The summed E-state index contributed by atoms with van der Waals surface area (Å²) in [6.45, 7) is 0. The second kappa shape index (κ2) is 4.29. The average molecular weight is 166 g/mol. The van der Waals surface area contributed by atoms with Crippen molar-refractivity contribution in [2.45, 2.75) is 37.4 Å². The molecule has 4 nitrogen and oxygen atoms in total. The van der Waals surface area contributed by atoms with E-state index in [-0.39, 0.29) is 25.3 Å². The largest absolute Gasteiger partial charge is 1.00 e. The zero-order valence-corrected chi connectivity index (χ0v) is 7.12. The van der Waals surface area contributed by atoms with E-state index in [4.69, 9.17) is 5.11 Å². The number of aliphatic hydroxyl groups excluding tert-OH is 1. The van der Waals surface area contributed by atoms with Crippen LogP contribution in [0.15, 0.2) is 0 Å². The second-order valence-corrected chi connectivity index (χ2v) is 2.97. The Balaban J connectivity index is 0.00000121. The van der Waals surface area contributed by atoms with Crippen LogP contribution in [0.2, 0.25) is 0 Å². The van der Waals surface area contributed by atoms with Crippen LogP contribution >= 0.6 is 0 Å². The molecule has 0 radical (unpaired) electrons. The topological polar surface area (TPSA) is 80.6 Å². The minimum atomic E-state index is -2.00. The molecule has 1 rings (SSSR count). The number of hydrogen-bond acceptors (Lipinski definition) is 4. The fourth-order valence-electron chi connectivity index (χ4n) is 1.38. The third-order valence-corrected chi connectivity index (χ3v) is 2.19. The SMILES string of the molecule is O=C([O-])C1(O)CCCCC1O.[Li+]. The maximum Gasteiger partial charge on any atom is 1.00 e. The Morgan fingerprint density at radius 3 is 2.42 bits per heavy atom. The van der Waals surface area contributed by atoms with Crippen LogP contribution in [0, 0.1) is 0 Å². The number of rotatable bonds is 1. The number of carboxylic acids is 1. The van der Waals surface area contributed by atoms with Gasteiger partial charge in [-0.3, -0.25) is 0 Å². The van der Waals surface area contributed by atoms with Crippen molar-refractivity contribution in [3.8, 4) is 0 Å². The maximum atomic E-state index is 10.4. The van der Waals surface area contributed by atoms with Crippen molar-refractivity contribution < 1.29 is 39.0 Å². The summed E-state index contributed by atoms with van der Waals surface area (Å²) in [6.07, 6.45) is 0.653. The molecule has 0 spiro atoms. The minimum Gasteiger partial charge on any atom is -0.547 e. The van der Waals surface area contributed by atoms with Crippen LogP contribution in [0.5, 0.6) is 0 Å². The van der Waals surface area contributed by atoms with Gasteiger partial charge in [0.2, 0.25) is 0 Å². The average Bonchev–Trinajstić information content (AvgIpc) is 1.95. The van der Waals surface area contributed by atoms with Crippen LogP contribution in [0.25, 0.3) is 0 Å². The fraction of sp³-hybridized carbons (Fsp3) is 0.857. The Bertz CT molecular complexity index is 173. The van der Waals surface area contributed by atoms with Gasteiger partial charge < -0.3 is 20.1 Å². The third-order valence-electron chi connectivity index (χ3n) is 2.19. The first-order valence-corrected chi connectivity index (χ1v) is 3.69. The Hall–Kier alpha value is -0.0126. The number of aliphatic carboxylic acids is 1. The zero-order chi connectivity index (χ0) is 8.48. The summed E-state index contributed by atoms with van der Waals surface area (Å²) in [5.74, 6) is -1.57. The van der Waals surface area contributed by atoms with Crippen LogP contribution < -0.4 is 24.0 Å². The first-order chi connectivity index (χ1) is 5.07. The second-order valence-electron chi connectivity index (χ2n) is 2.97. The van der Waals surface area contributed by atoms with Crippen molar-refractivity contribution in [2.75, 3.05) is 0 Å². The predicted octanol–water partition coefficient (Wildman–Crippen LogP) is -4.59. The van der Waals surface area contributed by atoms with E-state index in [1.165, 1.54) is 0 Å². The van der Waals surface area contributed by atoms with Crippen molar-refractivity contribution in [1.29, 1.82) is 0 Å². The predicted molar refractivity (Wildman–Crippen MR) is 34.4 cm³/mol. The third kappa shape index (κ3) is 2.02. The molecule has 12 heavy (non-hydrogen) atoms. The number of aliphatic hydroxyl groups is 2. The molecule has 0 saturated heterocycles. The summed E-state index contributed by atoms with van der Waals surface area (Å²) in [7, 11) is 0. The summed E-state index contributed by atoms with van der Waals surface area (Å²) in [6, 6.07) is 0. The molecule has 0 bridgehead atoms. The van der Waals surface area contributed by atoms with E-state index >= 15 is 0 Å². The number of carboxylic acid groups (broad SMARTS) is 1. The molecule has 2 N–H and O–H groups in total. The molecule has 5 heteroatoms. The van der Waals surface area contributed by atoms with E-state index in [0.717, 1.165) is 6.42 Å². The molecule has 1 aliphatic rings. The molecule has 0 amide bonds. The maximum absolute atomic E-state index is 10.4. The van der Waals surface area contributed by atoms with Gasteiger partial charge >= 0.3 is 18.9 Å². The van der Waals surface area contributed by atoms with Gasteiger partial charge in [-0.1, -0.05) is 6.42 Å². The van der Waals surface area contributed by atoms with Gasteiger partial charge in [0, 0.05) is 0 Å². The number of carbonyl (C=O) groups is 1. The van der Waals surface area contributed by atoms with Gasteiger partial charge in [0.05, 0.1) is 12.1 Å². The Kier molecular flexibility index (Phi) is 4.28. The van der Waals surface area contributed by atoms with Crippen molar-refractivity contribution in [1.82, 2.24) is 0 Å². The zero-order valence-electron chi connectivity index (χ0n) is 7.12. The monoisotopic (exact) mass is 166 g/mol. The molecular formula is C7H11LiO4. The van der Waals surface area contributed by atoms with E-state index in [1.54, 1.807) is 0 Å². The van der Waals surface area contributed by atoms with Gasteiger partial charge in [-0.2, -0.15) is 0 Å². The molecule has 1 aliphatic carbocycles. The number of carbonyl (C=O) groups excluding carboxylic acids is 1. The summed E-state index contributed by atoms with van der Waals surface area (Å²) in [5, 5.41) is 28.8. The van der Waals surface area contributed by atoms with Crippen molar-refractivity contribution in [3.05, 3.63) is 0 Å². The van der Waals surface area contributed by atoms with E-state index in [0.29, 0.717) is 12.8 Å². The van der Waals surface area contributed by atoms with Crippen molar-refractivity contribution in [3.63, 3.8) is 0 Å². The van der Waals surface area contributed by atoms with E-state index in [2.05, 4.69) is 0 Å². The quantitative estimate of drug-likeness (QED) is 0.384. The first-order valence-electron chi connectivity index (χ1n) is 3.69. The molecule has 64 valence electrons. The Morgan fingerprint density at radius 1 is 1.50 bits per heavy atom. The standard InChI is InChI=1S/C7H12O4.Li/c8-5-3-1-2-4-7(5,11)6(9)10;/h5,8,11H,1-4H2,(H,9,10);/q;+1/p-1. The summed E-state index contributed by atoms with van der Waals surface area (Å²) < 4.78 is 0. The van der Waals surface area contributed by atoms with Gasteiger partial charge in [0.25, 0.3) is 0 Å². The van der Waals surface area contributed by atoms with Gasteiger partial charge in [-0.05, 0) is 19.3 Å². The molecular weight excluding hydrogens is 155 g/mol. The van der Waals surface area contributed by atoms with E-state index in [9.17, 15) is 15.0 Å².